The summed E-state index contributed by atoms with van der Waals surface area (Å²) in [5.74, 6) is -1.19. The van der Waals surface area contributed by atoms with E-state index >= 15 is 0 Å². The van der Waals surface area contributed by atoms with Crippen molar-refractivity contribution >= 4 is 11.8 Å². The molecular weight excluding hydrogens is 200 g/mol. The minimum absolute atomic E-state index is 0.381. The SMILES string of the molecule is CNC(=O)C(=O)N(CCOC)CCOC. The molecule has 1 N–H and O–H groups in total. The highest BCUT2D eigenvalue weighted by Gasteiger charge is 2.19. The molecule has 88 valence electrons. The molecule has 15 heavy (non-hydrogen) atoms. The van der Waals surface area contributed by atoms with Gasteiger partial charge in [0.25, 0.3) is 0 Å². The maximum Gasteiger partial charge on any atom is 0.312 e. The van der Waals surface area contributed by atoms with Crippen molar-refractivity contribution in [2.75, 3.05) is 47.6 Å². The van der Waals surface area contributed by atoms with Crippen LogP contribution in [0.2, 0.25) is 0 Å². The van der Waals surface area contributed by atoms with E-state index in [-0.39, 0.29) is 0 Å². The fourth-order valence-corrected chi connectivity index (χ4v) is 0.968. The summed E-state index contributed by atoms with van der Waals surface area (Å²) < 4.78 is 9.70. The standard InChI is InChI=1S/C9H18N2O4/c1-10-8(12)9(13)11(4-6-14-2)5-7-15-3/h4-7H2,1-3H3,(H,10,12). The highest BCUT2D eigenvalue weighted by atomic mass is 16.5. The molecule has 0 aliphatic heterocycles. The molecule has 6 nitrogen and oxygen atoms in total. The zero-order valence-corrected chi connectivity index (χ0v) is 9.41. The van der Waals surface area contributed by atoms with Crippen molar-refractivity contribution in [1.29, 1.82) is 0 Å². The summed E-state index contributed by atoms with van der Waals surface area (Å²) in [6, 6.07) is 0. The minimum Gasteiger partial charge on any atom is -0.383 e. The summed E-state index contributed by atoms with van der Waals surface area (Å²) in [5, 5.41) is 2.29. The number of nitrogens with one attached hydrogen (secondary N) is 1. The van der Waals surface area contributed by atoms with Crippen molar-refractivity contribution < 1.29 is 19.1 Å². The molecule has 0 saturated carbocycles. The minimum atomic E-state index is -0.623. The topological polar surface area (TPSA) is 67.9 Å². The van der Waals surface area contributed by atoms with Crippen LogP contribution in [0.1, 0.15) is 0 Å². The molecule has 2 amide bonds. The second-order valence-corrected chi connectivity index (χ2v) is 2.86. The molecule has 0 atom stereocenters. The third-order valence-electron chi connectivity index (χ3n) is 1.84. The molecule has 0 rings (SSSR count). The van der Waals surface area contributed by atoms with Crippen molar-refractivity contribution in [3.8, 4) is 0 Å². The van der Waals surface area contributed by atoms with Crippen LogP contribution in [-0.2, 0) is 19.1 Å². The first-order valence-electron chi connectivity index (χ1n) is 4.66. The Hall–Kier alpha value is -1.14. The van der Waals surface area contributed by atoms with E-state index in [0.29, 0.717) is 26.3 Å². The second-order valence-electron chi connectivity index (χ2n) is 2.86. The number of nitrogens with zero attached hydrogens (tertiary/aromatic N) is 1. The number of amides is 2. The highest BCUT2D eigenvalue weighted by Crippen LogP contribution is 1.91. The predicted molar refractivity (Wildman–Crippen MR) is 54.4 cm³/mol. The molecule has 0 fully saturated rings. The smallest absolute Gasteiger partial charge is 0.312 e. The molecule has 0 unspecified atom stereocenters. The largest absolute Gasteiger partial charge is 0.383 e. The highest BCUT2D eigenvalue weighted by molar-refractivity contribution is 6.34. The maximum atomic E-state index is 11.5. The average Bonchev–Trinajstić information content (AvgIpc) is 2.27. The van der Waals surface area contributed by atoms with Crippen LogP contribution in [0.3, 0.4) is 0 Å². The number of ether oxygens (including phenoxy) is 2. The van der Waals surface area contributed by atoms with Gasteiger partial charge >= 0.3 is 11.8 Å². The zero-order valence-electron chi connectivity index (χ0n) is 9.41. The molecule has 0 saturated heterocycles. The summed E-state index contributed by atoms with van der Waals surface area (Å²) >= 11 is 0. The third-order valence-corrected chi connectivity index (χ3v) is 1.84. The lowest BCUT2D eigenvalue weighted by Crippen LogP contribution is -2.44. The quantitative estimate of drug-likeness (QED) is 0.572. The fraction of sp³-hybridized carbons (Fsp3) is 0.778. The van der Waals surface area contributed by atoms with Gasteiger partial charge < -0.3 is 19.7 Å². The van der Waals surface area contributed by atoms with Gasteiger partial charge in [-0.3, -0.25) is 9.59 Å². The van der Waals surface area contributed by atoms with E-state index in [1.165, 1.54) is 11.9 Å². The van der Waals surface area contributed by atoms with Crippen LogP contribution in [0.15, 0.2) is 0 Å². The van der Waals surface area contributed by atoms with Gasteiger partial charge in [-0.15, -0.1) is 0 Å². The van der Waals surface area contributed by atoms with Gasteiger partial charge in [0.2, 0.25) is 0 Å². The Labute approximate surface area is 89.5 Å². The molecule has 0 radical (unpaired) electrons. The Kier molecular flexibility index (Phi) is 7.57. The molecule has 0 spiro atoms. The molecule has 0 aliphatic carbocycles. The van der Waals surface area contributed by atoms with E-state index in [4.69, 9.17) is 9.47 Å². The molecular formula is C9H18N2O4. The maximum absolute atomic E-state index is 11.5. The van der Waals surface area contributed by atoms with Gasteiger partial charge in [-0.2, -0.15) is 0 Å². The molecule has 6 heteroatoms. The van der Waals surface area contributed by atoms with Gasteiger partial charge in [0.15, 0.2) is 0 Å². The number of hydrogen-bond acceptors (Lipinski definition) is 4. The lowest BCUT2D eigenvalue weighted by Gasteiger charge is -2.20. The average molecular weight is 218 g/mol. The third kappa shape index (κ3) is 5.34. The van der Waals surface area contributed by atoms with Gasteiger partial charge in [-0.25, -0.2) is 0 Å². The van der Waals surface area contributed by atoms with Crippen LogP contribution in [-0.4, -0.2) is 64.3 Å². The number of methoxy groups -OCH3 is 2. The van der Waals surface area contributed by atoms with E-state index in [9.17, 15) is 9.59 Å². The summed E-state index contributed by atoms with van der Waals surface area (Å²) in [4.78, 5) is 24.0. The summed E-state index contributed by atoms with van der Waals surface area (Å²) in [6.45, 7) is 1.55. The monoisotopic (exact) mass is 218 g/mol. The Bertz CT molecular complexity index is 200. The van der Waals surface area contributed by atoms with Crippen molar-refractivity contribution in [3.63, 3.8) is 0 Å². The molecule has 0 aliphatic rings. The van der Waals surface area contributed by atoms with Crippen molar-refractivity contribution in [1.82, 2.24) is 10.2 Å². The first kappa shape index (κ1) is 13.9. The van der Waals surface area contributed by atoms with Crippen LogP contribution in [0.25, 0.3) is 0 Å². The molecule has 0 heterocycles. The second kappa shape index (κ2) is 8.19. The van der Waals surface area contributed by atoms with E-state index in [2.05, 4.69) is 5.32 Å². The van der Waals surface area contributed by atoms with E-state index in [0.717, 1.165) is 0 Å². The van der Waals surface area contributed by atoms with Crippen molar-refractivity contribution in [2.24, 2.45) is 0 Å². The fourth-order valence-electron chi connectivity index (χ4n) is 0.968. The number of carbonyl (C=O) groups is 2. The van der Waals surface area contributed by atoms with Crippen molar-refractivity contribution in [3.05, 3.63) is 0 Å². The van der Waals surface area contributed by atoms with Crippen LogP contribution in [0.4, 0.5) is 0 Å². The summed E-state index contributed by atoms with van der Waals surface area (Å²) in [6.07, 6.45) is 0. The Morgan fingerprint density at radius 2 is 1.60 bits per heavy atom. The lowest BCUT2D eigenvalue weighted by molar-refractivity contribution is -0.146. The molecule has 0 aromatic heterocycles. The molecule has 0 bridgehead atoms. The van der Waals surface area contributed by atoms with Gasteiger partial charge in [-0.1, -0.05) is 0 Å². The Morgan fingerprint density at radius 3 is 1.93 bits per heavy atom. The van der Waals surface area contributed by atoms with Gasteiger partial charge in [-0.05, 0) is 0 Å². The summed E-state index contributed by atoms with van der Waals surface area (Å²) in [5.41, 5.74) is 0. The van der Waals surface area contributed by atoms with E-state index in [1.807, 2.05) is 0 Å². The van der Waals surface area contributed by atoms with Crippen molar-refractivity contribution in [2.45, 2.75) is 0 Å². The van der Waals surface area contributed by atoms with Gasteiger partial charge in [0.05, 0.1) is 13.2 Å². The van der Waals surface area contributed by atoms with E-state index in [1.54, 1.807) is 14.2 Å². The van der Waals surface area contributed by atoms with Gasteiger partial charge in [0.1, 0.15) is 0 Å². The summed E-state index contributed by atoms with van der Waals surface area (Å²) in [7, 11) is 4.50. The number of hydrogen-bond donors (Lipinski definition) is 1. The van der Waals surface area contributed by atoms with Crippen LogP contribution >= 0.6 is 0 Å². The zero-order chi connectivity index (χ0) is 11.7. The number of likely N-dealkylation sites (N-methyl/N-ethyl adjacent to an activating group) is 1. The molecule has 0 aromatic rings. The first-order chi connectivity index (χ1) is 7.17. The van der Waals surface area contributed by atoms with Crippen LogP contribution in [0.5, 0.6) is 0 Å². The van der Waals surface area contributed by atoms with E-state index < -0.39 is 11.8 Å². The number of rotatable bonds is 6. The first-order valence-corrected chi connectivity index (χ1v) is 4.66. The van der Waals surface area contributed by atoms with Crippen LogP contribution in [0, 0.1) is 0 Å². The molecule has 0 aromatic carbocycles. The Balaban J connectivity index is 4.19. The Morgan fingerprint density at radius 1 is 1.13 bits per heavy atom. The number of carbonyl (C=O) groups excluding carboxylic acids is 2. The van der Waals surface area contributed by atoms with Crippen LogP contribution < -0.4 is 5.32 Å². The lowest BCUT2D eigenvalue weighted by atomic mass is 10.4. The van der Waals surface area contributed by atoms with Gasteiger partial charge in [0, 0.05) is 34.4 Å². The predicted octanol–water partition coefficient (Wildman–Crippen LogP) is -1.15. The normalized spacial score (nSPS) is 9.80.